The first-order chi connectivity index (χ1) is 15.4. The molecule has 1 unspecified atom stereocenters. The number of primary amides is 1. The molecule has 32 heavy (non-hydrogen) atoms. The van der Waals surface area contributed by atoms with Crippen LogP contribution in [0.15, 0.2) is 78.9 Å². The minimum absolute atomic E-state index is 0.101. The van der Waals surface area contributed by atoms with Gasteiger partial charge in [-0.1, -0.05) is 78.3 Å². The fourth-order valence-corrected chi connectivity index (χ4v) is 3.54. The van der Waals surface area contributed by atoms with Crippen LogP contribution in [-0.4, -0.2) is 33.1 Å². The van der Waals surface area contributed by atoms with E-state index in [1.54, 1.807) is 48.5 Å². The van der Waals surface area contributed by atoms with E-state index in [0.29, 0.717) is 22.0 Å². The molecule has 0 bridgehead atoms. The highest BCUT2D eigenvalue weighted by Crippen LogP contribution is 2.35. The number of aliphatic hydroxyl groups is 1. The van der Waals surface area contributed by atoms with Crippen molar-refractivity contribution in [2.24, 2.45) is 5.73 Å². The number of benzene rings is 3. The van der Waals surface area contributed by atoms with Crippen LogP contribution < -0.4 is 10.5 Å². The third-order valence-electron chi connectivity index (χ3n) is 5.00. The van der Waals surface area contributed by atoms with Crippen molar-refractivity contribution in [2.45, 2.75) is 5.60 Å². The van der Waals surface area contributed by atoms with Crippen LogP contribution in [0.3, 0.4) is 0 Å². The van der Waals surface area contributed by atoms with Crippen LogP contribution in [0, 0.1) is 0 Å². The number of hydrogen-bond donors (Lipinski definition) is 2. The molecule has 0 aliphatic carbocycles. The van der Waals surface area contributed by atoms with Crippen molar-refractivity contribution in [1.82, 2.24) is 15.0 Å². The predicted molar refractivity (Wildman–Crippen MR) is 121 cm³/mol. The fourth-order valence-electron chi connectivity index (χ4n) is 3.34. The summed E-state index contributed by atoms with van der Waals surface area (Å²) >= 11 is 6.46. The maximum atomic E-state index is 12.4. The van der Waals surface area contributed by atoms with Gasteiger partial charge in [-0.3, -0.25) is 4.79 Å². The molecule has 0 aliphatic heterocycles. The van der Waals surface area contributed by atoms with Crippen LogP contribution in [0.25, 0.3) is 22.8 Å². The number of amides is 1. The Balaban J connectivity index is 1.89. The lowest BCUT2D eigenvalue weighted by Crippen LogP contribution is -2.42. The van der Waals surface area contributed by atoms with Crippen molar-refractivity contribution in [3.8, 4) is 28.8 Å². The van der Waals surface area contributed by atoms with Crippen molar-refractivity contribution in [1.29, 1.82) is 0 Å². The highest BCUT2D eigenvalue weighted by molar-refractivity contribution is 6.33. The smallest absolute Gasteiger partial charge is 0.320 e. The largest absolute Gasteiger partial charge is 0.467 e. The molecule has 4 rings (SSSR count). The van der Waals surface area contributed by atoms with Gasteiger partial charge in [0.2, 0.25) is 0 Å². The zero-order chi connectivity index (χ0) is 22.7. The summed E-state index contributed by atoms with van der Waals surface area (Å²) in [5.74, 6) is -0.306. The predicted octanol–water partition coefficient (Wildman–Crippen LogP) is 3.59. The Bertz CT molecular complexity index is 1270. The Morgan fingerprint density at radius 2 is 1.53 bits per heavy atom. The first-order valence-corrected chi connectivity index (χ1v) is 10.0. The molecule has 0 spiro atoms. The van der Waals surface area contributed by atoms with Crippen LogP contribution in [0.4, 0.5) is 0 Å². The number of methoxy groups -OCH3 is 1. The van der Waals surface area contributed by atoms with E-state index in [4.69, 9.17) is 22.1 Å². The van der Waals surface area contributed by atoms with E-state index in [0.717, 1.165) is 5.56 Å². The number of carbonyl (C=O) groups is 1. The van der Waals surface area contributed by atoms with E-state index >= 15 is 0 Å². The average molecular weight is 447 g/mol. The van der Waals surface area contributed by atoms with Gasteiger partial charge in [0.1, 0.15) is 0 Å². The second-order valence-corrected chi connectivity index (χ2v) is 7.38. The first-order valence-electron chi connectivity index (χ1n) is 9.67. The molecule has 4 aromatic rings. The zero-order valence-electron chi connectivity index (χ0n) is 17.1. The summed E-state index contributed by atoms with van der Waals surface area (Å²) in [5, 5.41) is 11.7. The van der Waals surface area contributed by atoms with Crippen LogP contribution in [0.1, 0.15) is 11.1 Å². The molecule has 0 saturated carbocycles. The lowest BCUT2D eigenvalue weighted by atomic mass is 9.85. The van der Waals surface area contributed by atoms with E-state index in [2.05, 4.69) is 15.0 Å². The lowest BCUT2D eigenvalue weighted by molar-refractivity contribution is -0.133. The van der Waals surface area contributed by atoms with Crippen molar-refractivity contribution in [2.75, 3.05) is 7.11 Å². The molecule has 8 heteroatoms. The Morgan fingerprint density at radius 3 is 2.16 bits per heavy atom. The summed E-state index contributed by atoms with van der Waals surface area (Å²) in [6, 6.07) is 22.5. The number of carbonyl (C=O) groups excluding carboxylic acids is 1. The zero-order valence-corrected chi connectivity index (χ0v) is 17.8. The van der Waals surface area contributed by atoms with Crippen LogP contribution >= 0.6 is 11.6 Å². The third kappa shape index (κ3) is 3.91. The monoisotopic (exact) mass is 446 g/mol. The number of rotatable bonds is 6. The number of halogens is 1. The summed E-state index contributed by atoms with van der Waals surface area (Å²) in [5.41, 5.74) is 5.27. The minimum atomic E-state index is -2.07. The van der Waals surface area contributed by atoms with Gasteiger partial charge in [0.25, 0.3) is 5.91 Å². The molecular formula is C24H19ClN4O3. The van der Waals surface area contributed by atoms with Gasteiger partial charge in [0, 0.05) is 11.1 Å². The minimum Gasteiger partial charge on any atom is -0.467 e. The first kappa shape index (κ1) is 21.4. The number of ether oxygens (including phenoxy) is 1. The van der Waals surface area contributed by atoms with Crippen LogP contribution in [0.2, 0.25) is 5.02 Å². The SMILES string of the molecule is COc1nc(-c2ccccc2)nc(-c2cc(C(O)(C(N)=O)c3ccccc3)ccc2Cl)n1. The molecule has 1 amide bonds. The van der Waals surface area contributed by atoms with E-state index in [-0.39, 0.29) is 17.4 Å². The van der Waals surface area contributed by atoms with Gasteiger partial charge in [-0.2, -0.15) is 9.97 Å². The molecule has 160 valence electrons. The molecule has 3 N–H and O–H groups in total. The van der Waals surface area contributed by atoms with Crippen molar-refractivity contribution in [3.05, 3.63) is 95.0 Å². The van der Waals surface area contributed by atoms with Gasteiger partial charge in [-0.15, -0.1) is 0 Å². The number of aromatic nitrogens is 3. The maximum absolute atomic E-state index is 12.4. The lowest BCUT2D eigenvalue weighted by Gasteiger charge is -2.26. The van der Waals surface area contributed by atoms with Crippen LogP contribution in [0.5, 0.6) is 6.01 Å². The van der Waals surface area contributed by atoms with E-state index in [1.807, 2.05) is 30.3 Å². The van der Waals surface area contributed by atoms with Crippen molar-refractivity contribution >= 4 is 17.5 Å². The summed E-state index contributed by atoms with van der Waals surface area (Å²) < 4.78 is 5.25. The Kier molecular flexibility index (Phi) is 5.85. The Morgan fingerprint density at radius 1 is 0.906 bits per heavy atom. The molecule has 7 nitrogen and oxygen atoms in total. The van der Waals surface area contributed by atoms with E-state index in [9.17, 15) is 9.90 Å². The standard InChI is InChI=1S/C24H19ClN4O3/c1-32-23-28-20(15-8-4-2-5-9-15)27-21(29-23)18-14-17(12-13-19(18)25)24(31,22(26)30)16-10-6-3-7-11-16/h2-14,31H,1H3,(H2,26,30). The van der Waals surface area contributed by atoms with Crippen LogP contribution in [-0.2, 0) is 10.4 Å². The molecule has 1 atom stereocenters. The molecule has 3 aromatic carbocycles. The number of nitrogens with zero attached hydrogens (tertiary/aromatic N) is 3. The number of nitrogens with two attached hydrogens (primary N) is 1. The molecule has 0 saturated heterocycles. The number of hydrogen-bond acceptors (Lipinski definition) is 6. The highest BCUT2D eigenvalue weighted by atomic mass is 35.5. The molecule has 0 aliphatic rings. The van der Waals surface area contributed by atoms with Crippen molar-refractivity contribution in [3.63, 3.8) is 0 Å². The normalized spacial score (nSPS) is 12.7. The average Bonchev–Trinajstić information content (AvgIpc) is 2.84. The van der Waals surface area contributed by atoms with Gasteiger partial charge in [0.15, 0.2) is 17.2 Å². The van der Waals surface area contributed by atoms with E-state index < -0.39 is 11.5 Å². The topological polar surface area (TPSA) is 111 Å². The Hall–Kier alpha value is -3.81. The quantitative estimate of drug-likeness (QED) is 0.468. The second-order valence-electron chi connectivity index (χ2n) is 6.97. The molecule has 0 radical (unpaired) electrons. The molecular weight excluding hydrogens is 428 g/mol. The Labute approximate surface area is 189 Å². The summed E-state index contributed by atoms with van der Waals surface area (Å²) in [6.45, 7) is 0. The highest BCUT2D eigenvalue weighted by Gasteiger charge is 2.38. The second kappa shape index (κ2) is 8.74. The van der Waals surface area contributed by atoms with Gasteiger partial charge in [-0.25, -0.2) is 4.98 Å². The van der Waals surface area contributed by atoms with E-state index in [1.165, 1.54) is 7.11 Å². The third-order valence-corrected chi connectivity index (χ3v) is 5.33. The van der Waals surface area contributed by atoms with Gasteiger partial charge >= 0.3 is 6.01 Å². The van der Waals surface area contributed by atoms with Crippen molar-refractivity contribution < 1.29 is 14.6 Å². The maximum Gasteiger partial charge on any atom is 0.320 e. The van der Waals surface area contributed by atoms with Gasteiger partial charge < -0.3 is 15.6 Å². The van der Waals surface area contributed by atoms with Gasteiger partial charge in [0.05, 0.1) is 12.1 Å². The molecule has 1 aromatic heterocycles. The summed E-state index contributed by atoms with van der Waals surface area (Å²) in [6.07, 6.45) is 0. The molecule has 0 fully saturated rings. The fraction of sp³-hybridized carbons (Fsp3) is 0.0833. The summed E-state index contributed by atoms with van der Waals surface area (Å²) in [4.78, 5) is 25.5. The summed E-state index contributed by atoms with van der Waals surface area (Å²) in [7, 11) is 1.45. The molecule has 1 heterocycles. The van der Waals surface area contributed by atoms with Gasteiger partial charge in [-0.05, 0) is 23.3 Å².